The Bertz CT molecular complexity index is 775. The fourth-order valence-corrected chi connectivity index (χ4v) is 1.91. The van der Waals surface area contributed by atoms with Gasteiger partial charge in [-0.25, -0.2) is 4.79 Å². The number of hydrogen-bond donors (Lipinski definition) is 2. The van der Waals surface area contributed by atoms with Gasteiger partial charge in [-0.05, 0) is 18.9 Å². The van der Waals surface area contributed by atoms with Crippen LogP contribution < -0.4 is 11.2 Å². The summed E-state index contributed by atoms with van der Waals surface area (Å²) in [6, 6.07) is 9.26. The summed E-state index contributed by atoms with van der Waals surface area (Å²) in [4.78, 5) is 30.2. The van der Waals surface area contributed by atoms with E-state index in [2.05, 4.69) is 9.98 Å². The second kappa shape index (κ2) is 6.89. The fourth-order valence-electron chi connectivity index (χ4n) is 1.91. The lowest BCUT2D eigenvalue weighted by Crippen LogP contribution is -2.32. The highest BCUT2D eigenvalue weighted by Crippen LogP contribution is 2.11. The standard InChI is InChI=1S/C16H19N3O3/c1-3-11(2)17-9-13-14(20)18-16(22)19(15(13)21)10-12-7-5-4-6-8-12/h4-9,11,21H,3,10H2,1-2H3,(H,18,20,22). The Labute approximate surface area is 127 Å². The van der Waals surface area contributed by atoms with Gasteiger partial charge >= 0.3 is 5.69 Å². The number of nitrogens with zero attached hydrogens (tertiary/aromatic N) is 2. The molecule has 0 fully saturated rings. The average molecular weight is 301 g/mol. The van der Waals surface area contributed by atoms with Crippen molar-refractivity contribution in [3.63, 3.8) is 0 Å². The highest BCUT2D eigenvalue weighted by molar-refractivity contribution is 5.82. The Morgan fingerprint density at radius 1 is 1.32 bits per heavy atom. The molecule has 0 aliphatic heterocycles. The predicted molar refractivity (Wildman–Crippen MR) is 85.9 cm³/mol. The Morgan fingerprint density at radius 3 is 2.64 bits per heavy atom. The third-order valence-corrected chi connectivity index (χ3v) is 3.44. The first-order valence-electron chi connectivity index (χ1n) is 7.16. The molecule has 1 heterocycles. The zero-order valence-corrected chi connectivity index (χ0v) is 12.6. The van der Waals surface area contributed by atoms with Crippen LogP contribution in [0.25, 0.3) is 0 Å². The fraction of sp³-hybridized carbons (Fsp3) is 0.312. The third kappa shape index (κ3) is 3.52. The summed E-state index contributed by atoms with van der Waals surface area (Å²) in [5.41, 5.74) is -0.446. The Balaban J connectivity index is 2.45. The molecule has 1 atom stereocenters. The van der Waals surface area contributed by atoms with Crippen LogP contribution in [-0.2, 0) is 6.54 Å². The van der Waals surface area contributed by atoms with Crippen LogP contribution in [0.3, 0.4) is 0 Å². The van der Waals surface area contributed by atoms with Crippen molar-refractivity contribution in [1.29, 1.82) is 0 Å². The predicted octanol–water partition coefficient (Wildman–Crippen LogP) is 1.51. The van der Waals surface area contributed by atoms with Gasteiger partial charge in [0.15, 0.2) is 0 Å². The number of rotatable bonds is 5. The SMILES string of the molecule is CCC(C)N=Cc1c(O)n(Cc2ccccc2)c(=O)[nH]c1=O. The molecule has 0 saturated carbocycles. The van der Waals surface area contributed by atoms with Gasteiger partial charge in [-0.1, -0.05) is 37.3 Å². The summed E-state index contributed by atoms with van der Waals surface area (Å²) in [5, 5.41) is 10.2. The number of aliphatic imine (C=N–C) groups is 1. The Kier molecular flexibility index (Phi) is 4.93. The molecular formula is C16H19N3O3. The topological polar surface area (TPSA) is 87.4 Å². The summed E-state index contributed by atoms with van der Waals surface area (Å²) in [6.45, 7) is 4.05. The number of hydrogen-bond acceptors (Lipinski definition) is 4. The summed E-state index contributed by atoms with van der Waals surface area (Å²) in [7, 11) is 0. The Morgan fingerprint density at radius 2 is 2.00 bits per heavy atom. The van der Waals surface area contributed by atoms with Crippen molar-refractivity contribution < 1.29 is 5.11 Å². The molecule has 0 saturated heterocycles. The minimum atomic E-state index is -0.646. The van der Waals surface area contributed by atoms with Crippen LogP contribution in [0.4, 0.5) is 0 Å². The van der Waals surface area contributed by atoms with Crippen molar-refractivity contribution in [3.05, 3.63) is 62.3 Å². The monoisotopic (exact) mass is 301 g/mol. The molecule has 0 amide bonds. The maximum Gasteiger partial charge on any atom is 0.331 e. The lowest BCUT2D eigenvalue weighted by molar-refractivity contribution is 0.408. The van der Waals surface area contributed by atoms with Crippen LogP contribution in [0.1, 0.15) is 31.4 Å². The van der Waals surface area contributed by atoms with Crippen molar-refractivity contribution in [1.82, 2.24) is 9.55 Å². The van der Waals surface area contributed by atoms with Crippen molar-refractivity contribution in [2.75, 3.05) is 0 Å². The van der Waals surface area contributed by atoms with E-state index in [-0.39, 0.29) is 24.0 Å². The lowest BCUT2D eigenvalue weighted by Gasteiger charge is -2.10. The summed E-state index contributed by atoms with van der Waals surface area (Å²) >= 11 is 0. The molecule has 6 nitrogen and oxygen atoms in total. The molecule has 116 valence electrons. The van der Waals surface area contributed by atoms with Gasteiger partial charge in [0.1, 0.15) is 5.56 Å². The van der Waals surface area contributed by atoms with Gasteiger partial charge in [-0.2, -0.15) is 0 Å². The van der Waals surface area contributed by atoms with Crippen LogP contribution in [-0.4, -0.2) is 26.9 Å². The highest BCUT2D eigenvalue weighted by atomic mass is 16.3. The van der Waals surface area contributed by atoms with E-state index in [1.807, 2.05) is 44.2 Å². The van der Waals surface area contributed by atoms with Crippen molar-refractivity contribution in [2.45, 2.75) is 32.9 Å². The van der Waals surface area contributed by atoms with E-state index in [9.17, 15) is 14.7 Å². The number of aromatic amines is 1. The maximum absolute atomic E-state index is 11.9. The van der Waals surface area contributed by atoms with Gasteiger partial charge in [0.05, 0.1) is 6.54 Å². The van der Waals surface area contributed by atoms with Crippen LogP contribution in [0.15, 0.2) is 44.9 Å². The van der Waals surface area contributed by atoms with E-state index in [1.54, 1.807) is 0 Å². The lowest BCUT2D eigenvalue weighted by atomic mass is 10.2. The van der Waals surface area contributed by atoms with E-state index in [0.717, 1.165) is 16.6 Å². The second-order valence-corrected chi connectivity index (χ2v) is 5.10. The summed E-state index contributed by atoms with van der Waals surface area (Å²) in [5.74, 6) is -0.371. The summed E-state index contributed by atoms with van der Waals surface area (Å²) in [6.07, 6.45) is 2.14. The molecule has 6 heteroatoms. The van der Waals surface area contributed by atoms with E-state index in [0.29, 0.717) is 0 Å². The number of H-pyrrole nitrogens is 1. The molecule has 2 aromatic rings. The number of nitrogens with one attached hydrogen (secondary N) is 1. The van der Waals surface area contributed by atoms with Gasteiger partial charge in [0.25, 0.3) is 5.56 Å². The first-order chi connectivity index (χ1) is 10.5. The molecule has 0 aliphatic carbocycles. The van der Waals surface area contributed by atoms with Gasteiger partial charge in [-0.15, -0.1) is 0 Å². The maximum atomic E-state index is 11.9. The minimum Gasteiger partial charge on any atom is -0.494 e. The molecule has 1 aromatic carbocycles. The first-order valence-corrected chi connectivity index (χ1v) is 7.16. The first kappa shape index (κ1) is 15.8. The number of aromatic nitrogens is 2. The van der Waals surface area contributed by atoms with Crippen molar-refractivity contribution in [2.24, 2.45) is 4.99 Å². The molecular weight excluding hydrogens is 282 g/mol. The molecule has 0 bridgehead atoms. The molecule has 2 rings (SSSR count). The molecule has 0 radical (unpaired) electrons. The van der Waals surface area contributed by atoms with Gasteiger partial charge in [0, 0.05) is 12.3 Å². The Hall–Kier alpha value is -2.63. The summed E-state index contributed by atoms with van der Waals surface area (Å²) < 4.78 is 1.12. The van der Waals surface area contributed by atoms with Crippen molar-refractivity contribution >= 4 is 6.21 Å². The molecule has 22 heavy (non-hydrogen) atoms. The van der Waals surface area contributed by atoms with E-state index in [4.69, 9.17) is 0 Å². The molecule has 0 aliphatic rings. The minimum absolute atomic E-state index is 0.00386. The molecule has 1 unspecified atom stereocenters. The molecule has 0 spiro atoms. The van der Waals surface area contributed by atoms with Crippen LogP contribution >= 0.6 is 0 Å². The normalized spacial score (nSPS) is 12.6. The van der Waals surface area contributed by atoms with Crippen molar-refractivity contribution in [3.8, 4) is 5.88 Å². The quantitative estimate of drug-likeness (QED) is 0.821. The molecule has 2 N–H and O–H groups in total. The molecule has 1 aromatic heterocycles. The second-order valence-electron chi connectivity index (χ2n) is 5.10. The largest absolute Gasteiger partial charge is 0.494 e. The zero-order valence-electron chi connectivity index (χ0n) is 12.6. The highest BCUT2D eigenvalue weighted by Gasteiger charge is 2.13. The van der Waals surface area contributed by atoms with Crippen LogP contribution in [0, 0.1) is 0 Å². The van der Waals surface area contributed by atoms with Gasteiger partial charge in [0.2, 0.25) is 5.88 Å². The zero-order chi connectivity index (χ0) is 16.1. The van der Waals surface area contributed by atoms with E-state index >= 15 is 0 Å². The van der Waals surface area contributed by atoms with E-state index in [1.165, 1.54) is 6.21 Å². The van der Waals surface area contributed by atoms with Crippen LogP contribution in [0.2, 0.25) is 0 Å². The van der Waals surface area contributed by atoms with E-state index < -0.39 is 11.2 Å². The smallest absolute Gasteiger partial charge is 0.331 e. The van der Waals surface area contributed by atoms with Gasteiger partial charge in [-0.3, -0.25) is 19.3 Å². The van der Waals surface area contributed by atoms with Crippen LogP contribution in [0.5, 0.6) is 5.88 Å². The van der Waals surface area contributed by atoms with Gasteiger partial charge < -0.3 is 5.11 Å². The number of benzene rings is 1. The third-order valence-electron chi connectivity index (χ3n) is 3.44. The number of aromatic hydroxyl groups is 1. The average Bonchev–Trinajstić information content (AvgIpc) is 2.51.